The van der Waals surface area contributed by atoms with E-state index >= 15 is 0 Å². The Balaban J connectivity index is 1.85. The molecule has 2 aromatic carbocycles. The van der Waals surface area contributed by atoms with E-state index in [4.69, 9.17) is 0 Å². The molecule has 2 nitrogen and oxygen atoms in total. The number of halogens is 3. The second-order valence-electron chi connectivity index (χ2n) is 4.67. The number of nitrogens with zero attached hydrogens (tertiary/aromatic N) is 1. The minimum Gasteiger partial charge on any atom is -0.333 e. The molecule has 108 valence electrons. The highest BCUT2D eigenvalue weighted by atomic mass is 79.9. The second-order valence-corrected chi connectivity index (χ2v) is 6.49. The zero-order valence-electron chi connectivity index (χ0n) is 11.1. The highest BCUT2D eigenvalue weighted by Gasteiger charge is 2.13. The zero-order valence-corrected chi connectivity index (χ0v) is 13.5. The van der Waals surface area contributed by atoms with Crippen LogP contribution in [0.15, 0.2) is 40.0 Å². The van der Waals surface area contributed by atoms with Crippen molar-refractivity contribution in [1.82, 2.24) is 9.97 Å². The highest BCUT2D eigenvalue weighted by molar-refractivity contribution is 9.10. The van der Waals surface area contributed by atoms with E-state index in [1.165, 1.54) is 23.9 Å². The molecule has 0 aliphatic carbocycles. The number of hydrogen-bond donors (Lipinski definition) is 1. The van der Waals surface area contributed by atoms with Crippen molar-refractivity contribution in [3.05, 3.63) is 57.6 Å². The summed E-state index contributed by atoms with van der Waals surface area (Å²) in [5.41, 5.74) is 2.95. The van der Waals surface area contributed by atoms with E-state index in [0.717, 1.165) is 16.6 Å². The zero-order chi connectivity index (χ0) is 15.0. The Bertz CT molecular complexity index is 817. The number of aromatic nitrogens is 2. The van der Waals surface area contributed by atoms with Crippen LogP contribution in [-0.2, 0) is 5.75 Å². The van der Waals surface area contributed by atoms with Crippen molar-refractivity contribution in [2.75, 3.05) is 0 Å². The second kappa shape index (κ2) is 5.77. The van der Waals surface area contributed by atoms with E-state index in [-0.39, 0.29) is 15.8 Å². The number of aryl methyl sites for hydroxylation is 1. The van der Waals surface area contributed by atoms with Crippen LogP contribution in [0.4, 0.5) is 8.78 Å². The van der Waals surface area contributed by atoms with Crippen LogP contribution in [0.2, 0.25) is 0 Å². The molecule has 0 fully saturated rings. The predicted octanol–water partition coefficient (Wildman–Crippen LogP) is 5.20. The largest absolute Gasteiger partial charge is 0.333 e. The normalized spacial score (nSPS) is 11.2. The SMILES string of the molecule is Cc1ccc2nc(SCc3c(F)ccc(Br)c3F)[nH]c2c1. The number of benzene rings is 2. The summed E-state index contributed by atoms with van der Waals surface area (Å²) in [4.78, 5) is 7.56. The lowest BCUT2D eigenvalue weighted by Crippen LogP contribution is -1.94. The van der Waals surface area contributed by atoms with Crippen LogP contribution in [0.5, 0.6) is 0 Å². The first-order valence-corrected chi connectivity index (χ1v) is 8.04. The number of hydrogen-bond acceptors (Lipinski definition) is 2. The Morgan fingerprint density at radius 3 is 2.86 bits per heavy atom. The standard InChI is InChI=1S/C15H11BrF2N2S/c1-8-2-5-12-13(6-8)20-15(19-12)21-7-9-11(17)4-3-10(16)14(9)18/h2-6H,7H2,1H3,(H,19,20). The van der Waals surface area contributed by atoms with E-state index in [9.17, 15) is 8.78 Å². The number of imidazole rings is 1. The van der Waals surface area contributed by atoms with Crippen molar-refractivity contribution >= 4 is 38.7 Å². The van der Waals surface area contributed by atoms with Gasteiger partial charge in [-0.25, -0.2) is 13.8 Å². The number of nitrogens with one attached hydrogen (secondary N) is 1. The Labute approximate surface area is 133 Å². The van der Waals surface area contributed by atoms with Gasteiger partial charge in [0.2, 0.25) is 0 Å². The maximum Gasteiger partial charge on any atom is 0.166 e. The molecule has 6 heteroatoms. The number of rotatable bonds is 3. The topological polar surface area (TPSA) is 28.7 Å². The molecule has 0 amide bonds. The molecular formula is C15H11BrF2N2S. The maximum atomic E-state index is 13.9. The fourth-order valence-corrected chi connectivity index (χ4v) is 3.27. The van der Waals surface area contributed by atoms with Gasteiger partial charge in [0.25, 0.3) is 0 Å². The van der Waals surface area contributed by atoms with Crippen molar-refractivity contribution in [2.45, 2.75) is 17.8 Å². The van der Waals surface area contributed by atoms with Gasteiger partial charge in [0.1, 0.15) is 11.6 Å². The predicted molar refractivity (Wildman–Crippen MR) is 84.4 cm³/mol. The van der Waals surface area contributed by atoms with Crippen molar-refractivity contribution in [3.8, 4) is 0 Å². The van der Waals surface area contributed by atoms with Gasteiger partial charge in [-0.05, 0) is 52.7 Å². The first-order chi connectivity index (χ1) is 10.0. The lowest BCUT2D eigenvalue weighted by Gasteiger charge is -2.04. The van der Waals surface area contributed by atoms with E-state index in [0.29, 0.717) is 5.16 Å². The van der Waals surface area contributed by atoms with Gasteiger partial charge in [0.15, 0.2) is 5.16 Å². The molecule has 1 N–H and O–H groups in total. The van der Waals surface area contributed by atoms with E-state index in [2.05, 4.69) is 25.9 Å². The van der Waals surface area contributed by atoms with Crippen molar-refractivity contribution in [2.24, 2.45) is 0 Å². The molecule has 0 saturated heterocycles. The first-order valence-electron chi connectivity index (χ1n) is 6.26. The third kappa shape index (κ3) is 2.96. The molecule has 0 unspecified atom stereocenters. The van der Waals surface area contributed by atoms with Crippen LogP contribution < -0.4 is 0 Å². The molecule has 1 aromatic heterocycles. The summed E-state index contributed by atoms with van der Waals surface area (Å²) < 4.78 is 27.8. The van der Waals surface area contributed by atoms with Gasteiger partial charge in [-0.2, -0.15) is 0 Å². The molecule has 0 saturated carbocycles. The van der Waals surface area contributed by atoms with Crippen LogP contribution in [0.3, 0.4) is 0 Å². The summed E-state index contributed by atoms with van der Waals surface area (Å²) >= 11 is 4.34. The monoisotopic (exact) mass is 368 g/mol. The maximum absolute atomic E-state index is 13.9. The van der Waals surface area contributed by atoms with Crippen LogP contribution in [-0.4, -0.2) is 9.97 Å². The van der Waals surface area contributed by atoms with Gasteiger partial charge in [-0.3, -0.25) is 0 Å². The third-order valence-corrected chi connectivity index (χ3v) is 4.62. The van der Waals surface area contributed by atoms with Gasteiger partial charge in [0.05, 0.1) is 15.5 Å². The van der Waals surface area contributed by atoms with E-state index < -0.39 is 11.6 Å². The average Bonchev–Trinajstić information content (AvgIpc) is 2.85. The summed E-state index contributed by atoms with van der Waals surface area (Å²) in [6, 6.07) is 8.51. The Kier molecular flexibility index (Phi) is 3.99. The van der Waals surface area contributed by atoms with Gasteiger partial charge < -0.3 is 4.98 Å². The fraction of sp³-hybridized carbons (Fsp3) is 0.133. The Morgan fingerprint density at radius 2 is 2.05 bits per heavy atom. The minimum absolute atomic E-state index is 0.0472. The summed E-state index contributed by atoms with van der Waals surface area (Å²) in [5, 5.41) is 0.648. The molecule has 3 rings (SSSR count). The molecule has 1 heterocycles. The molecule has 0 radical (unpaired) electrons. The van der Waals surface area contributed by atoms with Crippen LogP contribution >= 0.6 is 27.7 Å². The molecule has 3 aromatic rings. The number of aromatic amines is 1. The number of fused-ring (bicyclic) bond motifs is 1. The average molecular weight is 369 g/mol. The lowest BCUT2D eigenvalue weighted by atomic mass is 10.2. The first kappa shape index (κ1) is 14.5. The smallest absolute Gasteiger partial charge is 0.166 e. The Morgan fingerprint density at radius 1 is 1.24 bits per heavy atom. The van der Waals surface area contributed by atoms with E-state index in [1.807, 2.05) is 25.1 Å². The van der Waals surface area contributed by atoms with Gasteiger partial charge in [-0.15, -0.1) is 0 Å². The van der Waals surface area contributed by atoms with Gasteiger partial charge >= 0.3 is 0 Å². The van der Waals surface area contributed by atoms with Crippen LogP contribution in [0.25, 0.3) is 11.0 Å². The Hall–Kier alpha value is -1.40. The van der Waals surface area contributed by atoms with E-state index in [1.54, 1.807) is 0 Å². The molecule has 0 aliphatic rings. The summed E-state index contributed by atoms with van der Waals surface area (Å²) in [5.74, 6) is -0.930. The third-order valence-electron chi connectivity index (χ3n) is 3.11. The summed E-state index contributed by atoms with van der Waals surface area (Å²) in [6.45, 7) is 2.00. The lowest BCUT2D eigenvalue weighted by molar-refractivity contribution is 0.562. The molecular weight excluding hydrogens is 358 g/mol. The molecule has 0 spiro atoms. The summed E-state index contributed by atoms with van der Waals surface area (Å²) in [7, 11) is 0. The van der Waals surface area contributed by atoms with Crippen LogP contribution in [0, 0.1) is 18.6 Å². The highest BCUT2D eigenvalue weighted by Crippen LogP contribution is 2.28. The quantitative estimate of drug-likeness (QED) is 0.508. The minimum atomic E-state index is -0.561. The summed E-state index contributed by atoms with van der Waals surface area (Å²) in [6.07, 6.45) is 0. The number of thioether (sulfide) groups is 1. The van der Waals surface area contributed by atoms with Crippen molar-refractivity contribution in [3.63, 3.8) is 0 Å². The number of H-pyrrole nitrogens is 1. The van der Waals surface area contributed by atoms with Gasteiger partial charge in [0, 0.05) is 11.3 Å². The molecule has 0 aliphatic heterocycles. The van der Waals surface area contributed by atoms with Gasteiger partial charge in [-0.1, -0.05) is 17.8 Å². The van der Waals surface area contributed by atoms with Crippen molar-refractivity contribution in [1.29, 1.82) is 0 Å². The molecule has 21 heavy (non-hydrogen) atoms. The van der Waals surface area contributed by atoms with Crippen molar-refractivity contribution < 1.29 is 8.78 Å². The molecule has 0 bridgehead atoms. The molecule has 0 atom stereocenters. The fourth-order valence-electron chi connectivity index (χ4n) is 2.01. The van der Waals surface area contributed by atoms with Crippen LogP contribution in [0.1, 0.15) is 11.1 Å².